The fraction of sp³-hybridized carbons (Fsp3) is 1.00. The van der Waals surface area contributed by atoms with E-state index in [2.05, 4.69) is 20.8 Å². The van der Waals surface area contributed by atoms with E-state index in [0.717, 1.165) is 38.5 Å². The molecule has 0 aliphatic carbocycles. The molecule has 0 saturated heterocycles. The quantitative estimate of drug-likeness (QED) is 0.0495. The van der Waals surface area contributed by atoms with Gasteiger partial charge in [-0.2, -0.15) is 0 Å². The summed E-state index contributed by atoms with van der Waals surface area (Å²) in [5.74, 6) is -0.995. The molecule has 0 bridgehead atoms. The molecule has 0 spiro atoms. The second-order valence-electron chi connectivity index (χ2n) is 15.7. The molecule has 13 nitrogen and oxygen atoms in total. The molecule has 0 rings (SSSR count). The first-order valence-corrected chi connectivity index (χ1v) is 26.2. The van der Waals surface area contributed by atoms with Crippen molar-refractivity contribution in [2.45, 2.75) is 193 Å². The van der Waals surface area contributed by atoms with Crippen LogP contribution in [0, 0.1) is 0 Å². The normalized spacial score (nSPS) is 13.5. The molecule has 3 unspecified atom stereocenters. The Labute approximate surface area is 412 Å². The van der Waals surface area contributed by atoms with Gasteiger partial charge in [0.05, 0.1) is 59.9 Å². The summed E-state index contributed by atoms with van der Waals surface area (Å²) in [5.41, 5.74) is 0. The van der Waals surface area contributed by atoms with Crippen LogP contribution < -0.4 is 59.1 Å². The molecular formula is C43H86Na2O13S2. The molecule has 0 amide bonds. The van der Waals surface area contributed by atoms with E-state index in [9.17, 15) is 25.9 Å². The molecule has 0 aromatic carbocycles. The van der Waals surface area contributed by atoms with E-state index >= 15 is 0 Å². The second kappa shape index (κ2) is 48.5. The van der Waals surface area contributed by atoms with Gasteiger partial charge in [-0.1, -0.05) is 143 Å². The van der Waals surface area contributed by atoms with E-state index in [1.165, 1.54) is 103 Å². The minimum atomic E-state index is -4.34. The van der Waals surface area contributed by atoms with E-state index in [4.69, 9.17) is 33.2 Å². The Hall–Kier alpha value is 1.54. The third-order valence-corrected chi connectivity index (χ3v) is 11.3. The number of hydrogen-bond acceptors (Lipinski definition) is 13. The van der Waals surface area contributed by atoms with Crippen LogP contribution in [-0.2, 0) is 53.4 Å². The second-order valence-corrected chi connectivity index (χ2v) is 18.7. The Morgan fingerprint density at radius 2 is 0.600 bits per heavy atom. The van der Waals surface area contributed by atoms with Gasteiger partial charge in [0.15, 0.2) is 0 Å². The van der Waals surface area contributed by atoms with Crippen molar-refractivity contribution in [2.75, 3.05) is 84.2 Å². The van der Waals surface area contributed by atoms with Gasteiger partial charge in [-0.25, -0.2) is 16.8 Å². The summed E-state index contributed by atoms with van der Waals surface area (Å²) in [6.45, 7) is 9.89. The van der Waals surface area contributed by atoms with Crippen LogP contribution in [0.3, 0.4) is 0 Å². The summed E-state index contributed by atoms with van der Waals surface area (Å²) >= 11 is 0. The van der Waals surface area contributed by atoms with Crippen molar-refractivity contribution in [2.24, 2.45) is 0 Å². The third kappa shape index (κ3) is 52.2. The molecule has 17 heteroatoms. The SMILES string of the molecule is CCCCCCCCCCOCC(COCC(COCCCCCCCC)OCC(COCCCCCCCCCC)OCCCS(=O)(=O)[O-])OCCCS(=O)(=O)[O-].[Na+].[Na+]. The Kier molecular flexibility index (Phi) is 53.2. The van der Waals surface area contributed by atoms with Gasteiger partial charge in [0.25, 0.3) is 0 Å². The molecule has 0 aliphatic heterocycles. The smallest absolute Gasteiger partial charge is 0.748 e. The van der Waals surface area contributed by atoms with Gasteiger partial charge < -0.3 is 42.3 Å². The molecule has 3 atom stereocenters. The summed E-state index contributed by atoms with van der Waals surface area (Å²) in [5, 5.41) is 0. The van der Waals surface area contributed by atoms with Crippen molar-refractivity contribution in [3.05, 3.63) is 0 Å². The summed E-state index contributed by atoms with van der Waals surface area (Å²) < 4.78 is 109. The zero-order valence-electron chi connectivity index (χ0n) is 39.0. The van der Waals surface area contributed by atoms with Crippen molar-refractivity contribution in [3.8, 4) is 0 Å². The molecule has 0 aromatic heterocycles. The fourth-order valence-corrected chi connectivity index (χ4v) is 7.23. The molecule has 350 valence electrons. The van der Waals surface area contributed by atoms with Crippen molar-refractivity contribution < 1.29 is 118 Å². The maximum absolute atomic E-state index is 11.1. The predicted molar refractivity (Wildman–Crippen MR) is 229 cm³/mol. The zero-order chi connectivity index (χ0) is 42.8. The van der Waals surface area contributed by atoms with Crippen molar-refractivity contribution in [1.29, 1.82) is 0 Å². The minimum absolute atomic E-state index is 0. The number of ether oxygens (including phenoxy) is 7. The van der Waals surface area contributed by atoms with Crippen LogP contribution in [0.2, 0.25) is 0 Å². The molecule has 0 N–H and O–H groups in total. The summed E-state index contributed by atoms with van der Waals surface area (Å²) in [4.78, 5) is 0. The first-order chi connectivity index (χ1) is 28.0. The maximum atomic E-state index is 11.1. The Morgan fingerprint density at radius 1 is 0.333 bits per heavy atom. The van der Waals surface area contributed by atoms with Gasteiger partial charge in [0.2, 0.25) is 0 Å². The Balaban J connectivity index is -0.0000162. The average Bonchev–Trinajstić information content (AvgIpc) is 3.17. The summed E-state index contributed by atoms with van der Waals surface area (Å²) in [6.07, 6.45) is 24.7. The monoisotopic (exact) mass is 921 g/mol. The largest absolute Gasteiger partial charge is 1.00 e. The fourth-order valence-electron chi connectivity index (χ4n) is 6.28. The van der Waals surface area contributed by atoms with Gasteiger partial charge in [0, 0.05) is 44.5 Å². The predicted octanol–water partition coefficient (Wildman–Crippen LogP) is 2.73. The third-order valence-electron chi connectivity index (χ3n) is 9.75. The van der Waals surface area contributed by atoms with Crippen LogP contribution in [0.5, 0.6) is 0 Å². The summed E-state index contributed by atoms with van der Waals surface area (Å²) in [6, 6.07) is 0. The van der Waals surface area contributed by atoms with Gasteiger partial charge >= 0.3 is 59.1 Å². The van der Waals surface area contributed by atoms with E-state index < -0.39 is 50.1 Å². The summed E-state index contributed by atoms with van der Waals surface area (Å²) in [7, 11) is -8.67. The standard InChI is InChI=1S/C43H88O13S2.2Na/c1-4-7-10-13-16-18-21-24-28-50-35-41(54-31-26-33-57(44,45)46)38-53-39-42(36-51-29-23-20-15-12-9-6-3)56-40-43(55-32-27-34-58(47,48)49)37-52-30-25-22-19-17-14-11-8-5-2;;/h41-43H,4-40H2,1-3H3,(H,44,45,46)(H,47,48,49);;/q;2*+1/p-2. The molecule has 0 saturated carbocycles. The van der Waals surface area contributed by atoms with Crippen molar-refractivity contribution >= 4 is 20.2 Å². The molecule has 0 heterocycles. The molecule has 60 heavy (non-hydrogen) atoms. The Morgan fingerprint density at radius 3 is 0.917 bits per heavy atom. The maximum Gasteiger partial charge on any atom is 1.00 e. The average molecular weight is 921 g/mol. The van der Waals surface area contributed by atoms with Crippen molar-refractivity contribution in [1.82, 2.24) is 0 Å². The van der Waals surface area contributed by atoms with Gasteiger partial charge in [0.1, 0.15) is 18.3 Å². The van der Waals surface area contributed by atoms with Gasteiger partial charge in [-0.05, 0) is 32.1 Å². The van der Waals surface area contributed by atoms with Crippen LogP contribution in [0.1, 0.15) is 175 Å². The number of unbranched alkanes of at least 4 members (excludes halogenated alkanes) is 19. The minimum Gasteiger partial charge on any atom is -0.748 e. The van der Waals surface area contributed by atoms with Gasteiger partial charge in [-0.15, -0.1) is 0 Å². The van der Waals surface area contributed by atoms with E-state index in [1.54, 1.807) is 0 Å². The first kappa shape index (κ1) is 65.8. The molecule has 0 aliphatic rings. The molecule has 0 radical (unpaired) electrons. The molecular weight excluding hydrogens is 835 g/mol. The van der Waals surface area contributed by atoms with Crippen LogP contribution in [-0.4, -0.2) is 128 Å². The Bertz CT molecular complexity index is 1080. The van der Waals surface area contributed by atoms with Crippen molar-refractivity contribution in [3.63, 3.8) is 0 Å². The van der Waals surface area contributed by atoms with E-state index in [1.807, 2.05) is 0 Å². The van der Waals surface area contributed by atoms with E-state index in [-0.39, 0.29) is 125 Å². The molecule has 0 aromatic rings. The topological polar surface area (TPSA) is 179 Å². The van der Waals surface area contributed by atoms with Crippen LogP contribution >= 0.6 is 0 Å². The van der Waals surface area contributed by atoms with Crippen LogP contribution in [0.15, 0.2) is 0 Å². The van der Waals surface area contributed by atoms with E-state index in [0.29, 0.717) is 19.8 Å². The first-order valence-electron chi connectivity index (χ1n) is 23.0. The number of rotatable bonds is 48. The van der Waals surface area contributed by atoms with Gasteiger partial charge in [-0.3, -0.25) is 0 Å². The van der Waals surface area contributed by atoms with Crippen LogP contribution in [0.4, 0.5) is 0 Å². The van der Waals surface area contributed by atoms with Crippen LogP contribution in [0.25, 0.3) is 0 Å². The number of hydrogen-bond donors (Lipinski definition) is 0. The zero-order valence-corrected chi connectivity index (χ0v) is 44.7. The molecule has 0 fully saturated rings.